The fourth-order valence-electron chi connectivity index (χ4n) is 4.98. The van der Waals surface area contributed by atoms with Crippen LogP contribution in [-0.4, -0.2) is 40.6 Å². The second kappa shape index (κ2) is 10.2. The molecule has 1 saturated carbocycles. The third-order valence-corrected chi connectivity index (χ3v) is 7.65. The first-order valence-electron chi connectivity index (χ1n) is 12.1. The Morgan fingerprint density at radius 1 is 1.13 bits per heavy atom. The van der Waals surface area contributed by atoms with Crippen molar-refractivity contribution < 1.29 is 19.1 Å². The number of hydrogen-bond donors (Lipinski definition) is 4. The molecule has 0 bridgehead atoms. The summed E-state index contributed by atoms with van der Waals surface area (Å²) >= 11 is 3.34. The number of carbonyl (C=O) groups is 2. The normalized spacial score (nSPS) is 24.0. The van der Waals surface area contributed by atoms with Crippen LogP contribution in [0.4, 0.5) is 20.6 Å². The van der Waals surface area contributed by atoms with Gasteiger partial charge in [0.05, 0.1) is 23.4 Å². The zero-order valence-electron chi connectivity index (χ0n) is 20.2. The minimum Gasteiger partial charge on any atom is -0.391 e. The van der Waals surface area contributed by atoms with Gasteiger partial charge in [0.15, 0.2) is 0 Å². The van der Waals surface area contributed by atoms with Crippen molar-refractivity contribution in [3.63, 3.8) is 0 Å². The van der Waals surface area contributed by atoms with E-state index in [2.05, 4.69) is 32.6 Å². The lowest BCUT2D eigenvalue weighted by molar-refractivity contribution is -0.119. The highest BCUT2D eigenvalue weighted by molar-refractivity contribution is 9.10. The number of nitriles is 1. The lowest BCUT2D eigenvalue weighted by Crippen LogP contribution is -2.45. The standard InChI is InChI=1S/C28H25BrFN5O3/c29-19-5-7-20(8-6-19)33-27(38)35-15-21(36)12-25(35)26(37)34-24-11-17(4-9-23(24)30)22-13-28(22,32)18-3-1-2-16(10-18)14-31/h1-11,21-22,25,36H,12-13,15,32H2,(H,33,38)(H,34,37)/t21-,22?,25-,28?/m1/s1. The molecule has 2 fully saturated rings. The molecule has 0 spiro atoms. The summed E-state index contributed by atoms with van der Waals surface area (Å²) < 4.78 is 15.6. The number of anilines is 2. The maximum Gasteiger partial charge on any atom is 0.322 e. The maximum absolute atomic E-state index is 14.7. The molecule has 3 aromatic rings. The van der Waals surface area contributed by atoms with Crippen LogP contribution in [0.25, 0.3) is 0 Å². The molecular weight excluding hydrogens is 553 g/mol. The topological polar surface area (TPSA) is 131 Å². The number of nitrogens with two attached hydrogens (primary N) is 1. The number of urea groups is 1. The highest BCUT2D eigenvalue weighted by Crippen LogP contribution is 2.56. The number of likely N-dealkylation sites (tertiary alicyclic amines) is 1. The van der Waals surface area contributed by atoms with Crippen molar-refractivity contribution >= 4 is 39.2 Å². The van der Waals surface area contributed by atoms with Crippen LogP contribution in [0.1, 0.15) is 35.4 Å². The molecule has 1 aliphatic carbocycles. The average molecular weight is 578 g/mol. The molecule has 1 aliphatic heterocycles. The van der Waals surface area contributed by atoms with Gasteiger partial charge in [-0.1, -0.05) is 34.1 Å². The number of benzene rings is 3. The number of hydrogen-bond acceptors (Lipinski definition) is 5. The Hall–Kier alpha value is -3.78. The fraction of sp³-hybridized carbons (Fsp3) is 0.250. The van der Waals surface area contributed by atoms with Gasteiger partial charge < -0.3 is 26.4 Å². The summed E-state index contributed by atoms with van der Waals surface area (Å²) in [5, 5.41) is 24.7. The highest BCUT2D eigenvalue weighted by Gasteiger charge is 2.53. The Labute approximate surface area is 227 Å². The predicted octanol–water partition coefficient (Wildman–Crippen LogP) is 4.41. The lowest BCUT2D eigenvalue weighted by Gasteiger charge is -2.24. The molecule has 3 amide bonds. The monoisotopic (exact) mass is 577 g/mol. The van der Waals surface area contributed by atoms with E-state index in [0.717, 1.165) is 15.6 Å². The van der Waals surface area contributed by atoms with Gasteiger partial charge in [0.25, 0.3) is 0 Å². The molecule has 1 saturated heterocycles. The van der Waals surface area contributed by atoms with E-state index in [0.29, 0.717) is 17.7 Å². The predicted molar refractivity (Wildman–Crippen MR) is 144 cm³/mol. The minimum atomic E-state index is -0.980. The summed E-state index contributed by atoms with van der Waals surface area (Å²) in [7, 11) is 0. The van der Waals surface area contributed by atoms with Crippen LogP contribution >= 0.6 is 15.9 Å². The third kappa shape index (κ3) is 5.13. The number of carbonyl (C=O) groups excluding carboxylic acids is 2. The molecular formula is C28H25BrFN5O3. The molecule has 0 aromatic heterocycles. The van der Waals surface area contributed by atoms with Gasteiger partial charge in [-0.2, -0.15) is 5.26 Å². The first-order chi connectivity index (χ1) is 18.2. The van der Waals surface area contributed by atoms with Gasteiger partial charge in [0.2, 0.25) is 5.91 Å². The van der Waals surface area contributed by atoms with Gasteiger partial charge >= 0.3 is 6.03 Å². The van der Waals surface area contributed by atoms with Gasteiger partial charge in [-0.15, -0.1) is 0 Å². The summed E-state index contributed by atoms with van der Waals surface area (Å²) in [5.41, 5.74) is 8.53. The van der Waals surface area contributed by atoms with Crippen molar-refractivity contribution in [2.24, 2.45) is 5.73 Å². The molecule has 0 radical (unpaired) electrons. The number of β-amino-alcohol motifs (C(OH)–C–C–N with tert-alkyl or cyclic N) is 1. The van der Waals surface area contributed by atoms with Crippen molar-refractivity contribution in [2.45, 2.75) is 36.4 Å². The van der Waals surface area contributed by atoms with Crippen LogP contribution in [0.5, 0.6) is 0 Å². The van der Waals surface area contributed by atoms with Crippen LogP contribution in [0, 0.1) is 17.1 Å². The smallest absolute Gasteiger partial charge is 0.322 e. The number of halogens is 2. The first kappa shape index (κ1) is 25.9. The Balaban J connectivity index is 1.30. The van der Waals surface area contributed by atoms with Crippen LogP contribution in [0.2, 0.25) is 0 Å². The molecule has 38 heavy (non-hydrogen) atoms. The van der Waals surface area contributed by atoms with Crippen molar-refractivity contribution in [1.82, 2.24) is 4.90 Å². The zero-order valence-corrected chi connectivity index (χ0v) is 21.8. The maximum atomic E-state index is 14.7. The largest absolute Gasteiger partial charge is 0.391 e. The molecule has 2 unspecified atom stereocenters. The Morgan fingerprint density at radius 2 is 1.89 bits per heavy atom. The molecule has 5 N–H and O–H groups in total. The van der Waals surface area contributed by atoms with E-state index in [1.165, 1.54) is 11.0 Å². The number of aliphatic hydroxyl groups excluding tert-OH is 1. The van der Waals surface area contributed by atoms with Gasteiger partial charge in [-0.05, 0) is 66.1 Å². The SMILES string of the molecule is N#Cc1cccc(C2(N)CC2c2ccc(F)c(NC(=O)[C@H]3C[C@@H](O)CN3C(=O)Nc3ccc(Br)cc3)c2)c1. The Bertz CT molecular complexity index is 1440. The van der Waals surface area contributed by atoms with Gasteiger partial charge in [0.1, 0.15) is 11.9 Å². The van der Waals surface area contributed by atoms with E-state index >= 15 is 0 Å². The number of amides is 3. The zero-order chi connectivity index (χ0) is 27.0. The third-order valence-electron chi connectivity index (χ3n) is 7.12. The first-order valence-corrected chi connectivity index (χ1v) is 12.9. The molecule has 2 aliphatic rings. The van der Waals surface area contributed by atoms with E-state index in [1.807, 2.05) is 6.07 Å². The van der Waals surface area contributed by atoms with Crippen molar-refractivity contribution in [2.75, 3.05) is 17.2 Å². The van der Waals surface area contributed by atoms with Gasteiger partial charge in [0, 0.05) is 34.6 Å². The van der Waals surface area contributed by atoms with Gasteiger partial charge in [-0.3, -0.25) is 4.79 Å². The quantitative estimate of drug-likeness (QED) is 0.356. The summed E-state index contributed by atoms with van der Waals surface area (Å²) in [6, 6.07) is 19.1. The number of aliphatic hydroxyl groups is 1. The fourth-order valence-corrected chi connectivity index (χ4v) is 5.24. The molecule has 4 atom stereocenters. The van der Waals surface area contributed by atoms with Crippen molar-refractivity contribution in [1.29, 1.82) is 5.26 Å². The molecule has 3 aromatic carbocycles. The van der Waals surface area contributed by atoms with E-state index in [-0.39, 0.29) is 24.6 Å². The minimum absolute atomic E-state index is 0.0253. The molecule has 8 nitrogen and oxygen atoms in total. The summed E-state index contributed by atoms with van der Waals surface area (Å²) in [4.78, 5) is 27.3. The second-order valence-corrected chi connectivity index (χ2v) is 10.6. The average Bonchev–Trinajstić information content (AvgIpc) is 3.45. The lowest BCUT2D eigenvalue weighted by atomic mass is 9.97. The van der Waals surface area contributed by atoms with Crippen molar-refractivity contribution in [3.05, 3.63) is 93.7 Å². The molecule has 1 heterocycles. The Kier molecular flexibility index (Phi) is 6.92. The number of nitrogens with zero attached hydrogens (tertiary/aromatic N) is 2. The molecule has 10 heteroatoms. The molecule has 194 valence electrons. The second-order valence-electron chi connectivity index (χ2n) is 9.71. The van der Waals surface area contributed by atoms with Crippen LogP contribution in [0.15, 0.2) is 71.2 Å². The van der Waals surface area contributed by atoms with E-state index in [1.54, 1.807) is 54.6 Å². The van der Waals surface area contributed by atoms with E-state index in [9.17, 15) is 24.3 Å². The van der Waals surface area contributed by atoms with Crippen molar-refractivity contribution in [3.8, 4) is 6.07 Å². The van der Waals surface area contributed by atoms with Gasteiger partial charge in [-0.25, -0.2) is 9.18 Å². The summed E-state index contributed by atoms with van der Waals surface area (Å²) in [6.45, 7) is -0.0253. The summed E-state index contributed by atoms with van der Waals surface area (Å²) in [5.74, 6) is -1.34. The molecule has 5 rings (SSSR count). The van der Waals surface area contributed by atoms with Crippen LogP contribution in [-0.2, 0) is 10.3 Å². The van der Waals surface area contributed by atoms with Crippen LogP contribution < -0.4 is 16.4 Å². The summed E-state index contributed by atoms with van der Waals surface area (Å²) in [6.07, 6.45) is -0.240. The van der Waals surface area contributed by atoms with E-state index < -0.39 is 35.4 Å². The number of nitrogens with one attached hydrogen (secondary N) is 2. The Morgan fingerprint density at radius 3 is 2.63 bits per heavy atom. The number of rotatable bonds is 5. The van der Waals surface area contributed by atoms with Crippen LogP contribution in [0.3, 0.4) is 0 Å². The van der Waals surface area contributed by atoms with E-state index in [4.69, 9.17) is 5.73 Å². The highest BCUT2D eigenvalue weighted by atomic mass is 79.9.